The second-order valence-corrected chi connectivity index (χ2v) is 6.17. The molecule has 0 fully saturated rings. The fourth-order valence-electron chi connectivity index (χ4n) is 1.85. The minimum Gasteiger partial charge on any atom is -0.488 e. The Morgan fingerprint density at radius 1 is 1.15 bits per heavy atom. The molecule has 0 spiro atoms. The van der Waals surface area contributed by atoms with E-state index in [9.17, 15) is 9.46 Å². The molecular weight excluding hydrogens is 273 g/mol. The van der Waals surface area contributed by atoms with Crippen LogP contribution in [-0.4, -0.2) is 4.89 Å². The Kier molecular flexibility index (Phi) is 4.50. The lowest BCUT2D eigenvalue weighted by Crippen LogP contribution is -2.29. The lowest BCUT2D eigenvalue weighted by Gasteiger charge is -2.16. The number of hydrogen-bond donors (Lipinski definition) is 2. The molecule has 0 aliphatic carbocycles. The second kappa shape index (κ2) is 6.14. The highest BCUT2D eigenvalue weighted by Crippen LogP contribution is 2.43. The SMILES string of the molecule is CC(N)(c1ccccc1OCc1ccccc1)[P+](=O)O. The van der Waals surface area contributed by atoms with E-state index in [0.717, 1.165) is 5.56 Å². The van der Waals surface area contributed by atoms with Gasteiger partial charge in [-0.15, -0.1) is 0 Å². The van der Waals surface area contributed by atoms with Gasteiger partial charge in [0.15, 0.2) is 0 Å². The molecule has 2 aromatic rings. The quantitative estimate of drug-likeness (QED) is 0.830. The predicted molar refractivity (Wildman–Crippen MR) is 78.6 cm³/mol. The van der Waals surface area contributed by atoms with Crippen molar-refractivity contribution in [3.05, 3.63) is 65.7 Å². The monoisotopic (exact) mass is 290 g/mol. The first-order valence-electron chi connectivity index (χ1n) is 6.23. The number of nitrogens with two attached hydrogens (primary N) is 1. The van der Waals surface area contributed by atoms with Gasteiger partial charge in [0.25, 0.3) is 5.28 Å². The fraction of sp³-hybridized carbons (Fsp3) is 0.200. The molecule has 5 heteroatoms. The lowest BCUT2D eigenvalue weighted by molar-refractivity contribution is 0.299. The molecule has 0 aromatic heterocycles. The van der Waals surface area contributed by atoms with Crippen molar-refractivity contribution in [1.82, 2.24) is 0 Å². The van der Waals surface area contributed by atoms with E-state index in [1.807, 2.05) is 36.4 Å². The minimum atomic E-state index is -2.55. The van der Waals surface area contributed by atoms with Gasteiger partial charge in [-0.25, -0.2) is 0 Å². The van der Waals surface area contributed by atoms with Crippen molar-refractivity contribution in [2.24, 2.45) is 5.73 Å². The number of benzene rings is 2. The van der Waals surface area contributed by atoms with Crippen LogP contribution < -0.4 is 10.5 Å². The summed E-state index contributed by atoms with van der Waals surface area (Å²) in [7, 11) is -2.55. The van der Waals surface area contributed by atoms with Crippen molar-refractivity contribution in [2.75, 3.05) is 0 Å². The molecule has 0 aliphatic rings. The summed E-state index contributed by atoms with van der Waals surface area (Å²) < 4.78 is 17.2. The zero-order chi connectivity index (χ0) is 14.6. The van der Waals surface area contributed by atoms with E-state index in [1.54, 1.807) is 18.2 Å². The van der Waals surface area contributed by atoms with E-state index in [-0.39, 0.29) is 0 Å². The van der Waals surface area contributed by atoms with Gasteiger partial charge in [-0.2, -0.15) is 4.89 Å². The Morgan fingerprint density at radius 2 is 1.75 bits per heavy atom. The van der Waals surface area contributed by atoms with E-state index in [2.05, 4.69) is 0 Å². The Bertz CT molecular complexity index is 599. The highest BCUT2D eigenvalue weighted by atomic mass is 31.1. The maximum absolute atomic E-state index is 11.4. The lowest BCUT2D eigenvalue weighted by atomic mass is 10.1. The van der Waals surface area contributed by atoms with E-state index >= 15 is 0 Å². The zero-order valence-electron chi connectivity index (χ0n) is 11.2. The molecule has 0 saturated carbocycles. The van der Waals surface area contributed by atoms with Gasteiger partial charge in [0.2, 0.25) is 0 Å². The van der Waals surface area contributed by atoms with E-state index in [1.165, 1.54) is 6.92 Å². The highest BCUT2D eigenvalue weighted by Gasteiger charge is 2.44. The molecule has 2 unspecified atom stereocenters. The molecule has 2 rings (SSSR count). The van der Waals surface area contributed by atoms with Gasteiger partial charge in [0, 0.05) is 6.92 Å². The molecule has 20 heavy (non-hydrogen) atoms. The molecule has 0 heterocycles. The van der Waals surface area contributed by atoms with E-state index in [4.69, 9.17) is 10.5 Å². The minimum absolute atomic E-state index is 0.385. The van der Waals surface area contributed by atoms with Crippen LogP contribution in [0.25, 0.3) is 0 Å². The van der Waals surface area contributed by atoms with Crippen LogP contribution in [-0.2, 0) is 16.5 Å². The number of rotatable bonds is 5. The molecule has 0 amide bonds. The normalized spacial score (nSPS) is 14.4. The van der Waals surface area contributed by atoms with Gasteiger partial charge in [-0.3, -0.25) is 5.73 Å². The van der Waals surface area contributed by atoms with Crippen LogP contribution in [0, 0.1) is 0 Å². The molecule has 0 aliphatic heterocycles. The summed E-state index contributed by atoms with van der Waals surface area (Å²) in [5.74, 6) is 0.527. The van der Waals surface area contributed by atoms with Crippen LogP contribution in [0.2, 0.25) is 0 Å². The van der Waals surface area contributed by atoms with Crippen LogP contribution in [0.5, 0.6) is 5.75 Å². The van der Waals surface area contributed by atoms with Crippen LogP contribution in [0.4, 0.5) is 0 Å². The molecule has 4 nitrogen and oxygen atoms in total. The fourth-order valence-corrected chi connectivity index (χ4v) is 2.24. The standard InChI is InChI=1S/C15H16NO3P/c1-15(16,20(17)18)13-9-5-6-10-14(13)19-11-12-7-3-2-4-8-12/h2-10H,11,16H2,1H3/p+1. The molecule has 0 radical (unpaired) electrons. The van der Waals surface area contributed by atoms with Crippen molar-refractivity contribution >= 4 is 8.03 Å². The smallest absolute Gasteiger partial charge is 0.488 e. The topological polar surface area (TPSA) is 72.5 Å². The van der Waals surface area contributed by atoms with Crippen LogP contribution in [0.3, 0.4) is 0 Å². The van der Waals surface area contributed by atoms with Crippen molar-refractivity contribution in [3.8, 4) is 5.75 Å². The maximum Gasteiger partial charge on any atom is 0.532 e. The first kappa shape index (κ1) is 14.7. The summed E-state index contributed by atoms with van der Waals surface area (Å²) in [6, 6.07) is 16.8. The van der Waals surface area contributed by atoms with Gasteiger partial charge >= 0.3 is 8.03 Å². The van der Waals surface area contributed by atoms with Gasteiger partial charge in [0.1, 0.15) is 12.4 Å². The molecular formula is C15H17NO3P+. The van der Waals surface area contributed by atoms with Crippen molar-refractivity contribution in [2.45, 2.75) is 18.8 Å². The van der Waals surface area contributed by atoms with E-state index in [0.29, 0.717) is 17.9 Å². The first-order valence-corrected chi connectivity index (χ1v) is 7.44. The summed E-state index contributed by atoms with van der Waals surface area (Å²) in [5, 5.41) is -1.33. The predicted octanol–water partition coefficient (Wildman–Crippen LogP) is 3.13. The number of para-hydroxylation sites is 1. The van der Waals surface area contributed by atoms with E-state index < -0.39 is 13.3 Å². The molecule has 3 N–H and O–H groups in total. The Balaban J connectivity index is 2.23. The maximum atomic E-state index is 11.4. The average molecular weight is 290 g/mol. The third kappa shape index (κ3) is 3.23. The second-order valence-electron chi connectivity index (χ2n) is 4.69. The summed E-state index contributed by atoms with van der Waals surface area (Å²) in [5.41, 5.74) is 7.49. The Labute approximate surface area is 119 Å². The van der Waals surface area contributed by atoms with Crippen LogP contribution in [0.1, 0.15) is 18.1 Å². The third-order valence-corrected chi connectivity index (χ3v) is 4.10. The molecule has 2 aromatic carbocycles. The van der Waals surface area contributed by atoms with Crippen molar-refractivity contribution in [1.29, 1.82) is 0 Å². The Morgan fingerprint density at radius 3 is 2.40 bits per heavy atom. The molecule has 0 bridgehead atoms. The van der Waals surface area contributed by atoms with Gasteiger partial charge in [0.05, 0.1) is 5.56 Å². The summed E-state index contributed by atoms with van der Waals surface area (Å²) in [6.45, 7) is 1.91. The molecule has 2 atom stereocenters. The van der Waals surface area contributed by atoms with Gasteiger partial charge in [-0.05, 0) is 22.3 Å². The Hall–Kier alpha value is -1.74. The van der Waals surface area contributed by atoms with Crippen molar-refractivity contribution < 1.29 is 14.2 Å². The largest absolute Gasteiger partial charge is 0.532 e. The summed E-state index contributed by atoms with van der Waals surface area (Å²) in [4.78, 5) is 9.37. The van der Waals surface area contributed by atoms with Crippen LogP contribution >= 0.6 is 8.03 Å². The van der Waals surface area contributed by atoms with Crippen LogP contribution in [0.15, 0.2) is 54.6 Å². The number of ether oxygens (including phenoxy) is 1. The summed E-state index contributed by atoms with van der Waals surface area (Å²) >= 11 is 0. The molecule has 104 valence electrons. The average Bonchev–Trinajstić information content (AvgIpc) is 2.46. The first-order chi connectivity index (χ1) is 9.51. The number of hydrogen-bond acceptors (Lipinski definition) is 3. The summed E-state index contributed by atoms with van der Waals surface area (Å²) in [6.07, 6.45) is 0. The highest BCUT2D eigenvalue weighted by molar-refractivity contribution is 7.39. The molecule has 0 saturated heterocycles. The zero-order valence-corrected chi connectivity index (χ0v) is 12.1. The van der Waals surface area contributed by atoms with Crippen molar-refractivity contribution in [3.63, 3.8) is 0 Å². The van der Waals surface area contributed by atoms with Gasteiger partial charge in [-0.1, -0.05) is 42.5 Å². The van der Waals surface area contributed by atoms with Gasteiger partial charge < -0.3 is 4.74 Å². The third-order valence-electron chi connectivity index (χ3n) is 3.07.